The zero-order valence-electron chi connectivity index (χ0n) is 28.1. The van der Waals surface area contributed by atoms with Gasteiger partial charge in [-0.05, 0) is 107 Å². The first-order chi connectivity index (χ1) is 21.2. The van der Waals surface area contributed by atoms with Crippen molar-refractivity contribution in [3.05, 3.63) is 72.8 Å². The fourth-order valence-electron chi connectivity index (χ4n) is 5.38. The van der Waals surface area contributed by atoms with Crippen LogP contribution in [-0.4, -0.2) is 31.5 Å². The molecule has 3 aromatic carbocycles. The van der Waals surface area contributed by atoms with Crippen LogP contribution >= 0.6 is 0 Å². The Balaban J connectivity index is 1.48. The lowest BCUT2D eigenvalue weighted by Crippen LogP contribution is -2.41. The van der Waals surface area contributed by atoms with Gasteiger partial charge in [0.05, 0.1) is 24.4 Å². The van der Waals surface area contributed by atoms with Crippen molar-refractivity contribution in [2.75, 3.05) is 18.1 Å². The van der Waals surface area contributed by atoms with Crippen molar-refractivity contribution >= 4 is 29.6 Å². The Morgan fingerprint density at radius 3 is 1.32 bits per heavy atom. The van der Waals surface area contributed by atoms with Gasteiger partial charge in [0, 0.05) is 17.1 Å². The number of hydrogen-bond acceptors (Lipinski definition) is 5. The predicted molar refractivity (Wildman–Crippen MR) is 185 cm³/mol. The van der Waals surface area contributed by atoms with Gasteiger partial charge in [0.1, 0.15) is 11.5 Å². The second kappa shape index (κ2) is 16.4. The van der Waals surface area contributed by atoms with E-state index in [4.69, 9.17) is 18.8 Å². The number of hydrogen-bond donors (Lipinski definition) is 0. The van der Waals surface area contributed by atoms with E-state index in [2.05, 4.69) is 119 Å². The summed E-state index contributed by atoms with van der Waals surface area (Å²) in [4.78, 5) is 2.26. The van der Waals surface area contributed by atoms with Gasteiger partial charge in [-0.25, -0.2) is 0 Å². The number of ether oxygens (including phenoxy) is 2. The number of nitrogens with zero attached hydrogens (tertiary/aromatic N) is 1. The van der Waals surface area contributed by atoms with E-state index in [1.165, 1.54) is 51.4 Å². The first kappa shape index (κ1) is 33.9. The minimum absolute atomic E-state index is 0.374. The molecular weight excluding hydrogens is 545 g/mol. The van der Waals surface area contributed by atoms with E-state index in [1.807, 2.05) is 0 Å². The number of unbranched alkanes of at least 4 members (excludes halogenated alkanes) is 8. The summed E-state index contributed by atoms with van der Waals surface area (Å²) in [7, 11) is -0.390. The molecule has 1 saturated heterocycles. The summed E-state index contributed by atoms with van der Waals surface area (Å²) >= 11 is 0. The summed E-state index contributed by atoms with van der Waals surface area (Å²) in [6, 6.07) is 25.3. The molecular formula is C38H54BNO4. The molecule has 0 radical (unpaired) electrons. The van der Waals surface area contributed by atoms with Crippen LogP contribution in [0.15, 0.2) is 72.8 Å². The molecule has 4 rings (SSSR count). The van der Waals surface area contributed by atoms with Crippen LogP contribution in [0.3, 0.4) is 0 Å². The van der Waals surface area contributed by atoms with Gasteiger partial charge in [0.2, 0.25) is 0 Å². The van der Waals surface area contributed by atoms with Crippen LogP contribution in [0.1, 0.15) is 106 Å². The Labute approximate surface area is 267 Å². The normalized spacial score (nSPS) is 15.4. The summed E-state index contributed by atoms with van der Waals surface area (Å²) in [5.41, 5.74) is 3.44. The molecule has 0 amide bonds. The molecule has 5 nitrogen and oxygen atoms in total. The Morgan fingerprint density at radius 1 is 0.523 bits per heavy atom. The third-order valence-corrected chi connectivity index (χ3v) is 8.90. The second-order valence-corrected chi connectivity index (χ2v) is 13.0. The van der Waals surface area contributed by atoms with Gasteiger partial charge in [-0.2, -0.15) is 0 Å². The van der Waals surface area contributed by atoms with Crippen LogP contribution in [0.25, 0.3) is 0 Å². The van der Waals surface area contributed by atoms with Gasteiger partial charge < -0.3 is 23.7 Å². The van der Waals surface area contributed by atoms with Crippen LogP contribution < -0.4 is 19.8 Å². The van der Waals surface area contributed by atoms with E-state index < -0.39 is 0 Å². The van der Waals surface area contributed by atoms with Crippen molar-refractivity contribution in [2.45, 2.75) is 117 Å². The highest BCUT2D eigenvalue weighted by Crippen LogP contribution is 2.38. The lowest BCUT2D eigenvalue weighted by molar-refractivity contribution is 0.00578. The van der Waals surface area contributed by atoms with Crippen LogP contribution in [-0.2, 0) is 9.31 Å². The van der Waals surface area contributed by atoms with Crippen molar-refractivity contribution in [3.63, 3.8) is 0 Å². The van der Waals surface area contributed by atoms with E-state index in [0.717, 1.165) is 60.1 Å². The third kappa shape index (κ3) is 9.28. The fraction of sp³-hybridized carbons (Fsp3) is 0.526. The first-order valence-corrected chi connectivity index (χ1v) is 17.0. The van der Waals surface area contributed by atoms with E-state index in [9.17, 15) is 0 Å². The zero-order valence-corrected chi connectivity index (χ0v) is 28.1. The summed E-state index contributed by atoms with van der Waals surface area (Å²) < 4.78 is 24.7. The molecule has 44 heavy (non-hydrogen) atoms. The molecule has 0 aromatic heterocycles. The van der Waals surface area contributed by atoms with E-state index >= 15 is 0 Å². The van der Waals surface area contributed by atoms with Crippen molar-refractivity contribution in [1.82, 2.24) is 0 Å². The van der Waals surface area contributed by atoms with Crippen LogP contribution in [0.4, 0.5) is 17.1 Å². The van der Waals surface area contributed by atoms with E-state index in [1.54, 1.807) is 0 Å². The van der Waals surface area contributed by atoms with Crippen LogP contribution in [0.5, 0.6) is 11.5 Å². The summed E-state index contributed by atoms with van der Waals surface area (Å²) in [6.45, 7) is 14.3. The van der Waals surface area contributed by atoms with Gasteiger partial charge in [0.25, 0.3) is 0 Å². The molecule has 3 aromatic rings. The number of benzene rings is 3. The van der Waals surface area contributed by atoms with Crippen molar-refractivity contribution in [1.29, 1.82) is 0 Å². The summed E-state index contributed by atoms with van der Waals surface area (Å²) in [6.07, 6.45) is 12.3. The maximum atomic E-state index is 6.30. The fourth-order valence-corrected chi connectivity index (χ4v) is 5.38. The Morgan fingerprint density at radius 2 is 0.886 bits per heavy atom. The van der Waals surface area contributed by atoms with E-state index in [0.29, 0.717) is 0 Å². The maximum absolute atomic E-state index is 6.30. The molecule has 1 fully saturated rings. The molecule has 0 aliphatic carbocycles. The predicted octanol–water partition coefficient (Wildman–Crippen LogP) is 10.2. The first-order valence-electron chi connectivity index (χ1n) is 17.0. The number of rotatable bonds is 18. The summed E-state index contributed by atoms with van der Waals surface area (Å²) in [5, 5.41) is 0. The highest BCUT2D eigenvalue weighted by molar-refractivity contribution is 6.62. The van der Waals surface area contributed by atoms with Crippen molar-refractivity contribution in [2.24, 2.45) is 0 Å². The number of anilines is 3. The molecule has 6 heteroatoms. The lowest BCUT2D eigenvalue weighted by Gasteiger charge is -2.32. The topological polar surface area (TPSA) is 40.2 Å². The maximum Gasteiger partial charge on any atom is 0.494 e. The van der Waals surface area contributed by atoms with Gasteiger partial charge in [-0.1, -0.05) is 77.3 Å². The largest absolute Gasteiger partial charge is 0.494 e. The Hall–Kier alpha value is -2.96. The Kier molecular flexibility index (Phi) is 12.6. The molecule has 0 N–H and O–H groups in total. The Bertz CT molecular complexity index is 1230. The van der Waals surface area contributed by atoms with E-state index in [-0.39, 0.29) is 18.3 Å². The average molecular weight is 600 g/mol. The lowest BCUT2D eigenvalue weighted by atomic mass is 9.79. The highest BCUT2D eigenvalue weighted by Gasteiger charge is 2.51. The third-order valence-electron chi connectivity index (χ3n) is 8.90. The minimum atomic E-state index is -0.390. The standard InChI is InChI=1S/C38H54BNO4/c1-7-9-11-13-14-16-30-42-36-27-23-34(24-28-36)40(33-21-25-35(26-22-33)41-29-15-12-10-8-2)32-19-17-31(18-20-32)39-43-37(3,4)38(5,6)44-39/h17-28H,7-16,29-30H2,1-6H3. The molecule has 0 saturated carbocycles. The van der Waals surface area contributed by atoms with Crippen molar-refractivity contribution < 1.29 is 18.8 Å². The zero-order chi connectivity index (χ0) is 31.4. The van der Waals surface area contributed by atoms with Gasteiger partial charge in [0.15, 0.2) is 0 Å². The highest BCUT2D eigenvalue weighted by atomic mass is 16.7. The minimum Gasteiger partial charge on any atom is -0.494 e. The smallest absolute Gasteiger partial charge is 0.494 e. The molecule has 0 spiro atoms. The molecule has 238 valence electrons. The van der Waals surface area contributed by atoms with Crippen LogP contribution in [0.2, 0.25) is 0 Å². The summed E-state index contributed by atoms with van der Waals surface area (Å²) in [5.74, 6) is 1.81. The molecule has 0 atom stereocenters. The van der Waals surface area contributed by atoms with Gasteiger partial charge >= 0.3 is 7.12 Å². The SMILES string of the molecule is CCCCCCCCOc1ccc(N(c2ccc(OCCCCCC)cc2)c2ccc(B3OC(C)(C)C(C)(C)O3)cc2)cc1. The average Bonchev–Trinajstić information content (AvgIpc) is 3.24. The van der Waals surface area contributed by atoms with Gasteiger partial charge in [-0.15, -0.1) is 0 Å². The van der Waals surface area contributed by atoms with Crippen LogP contribution in [0, 0.1) is 0 Å². The molecule has 1 heterocycles. The molecule has 1 aliphatic heterocycles. The molecule has 0 unspecified atom stereocenters. The second-order valence-electron chi connectivity index (χ2n) is 13.0. The monoisotopic (exact) mass is 599 g/mol. The van der Waals surface area contributed by atoms with Crippen molar-refractivity contribution in [3.8, 4) is 11.5 Å². The quantitative estimate of drug-likeness (QED) is 0.107. The van der Waals surface area contributed by atoms with Gasteiger partial charge in [-0.3, -0.25) is 0 Å². The molecule has 0 bridgehead atoms. The molecule has 1 aliphatic rings.